The van der Waals surface area contributed by atoms with Gasteiger partial charge in [-0.15, -0.1) is 0 Å². The van der Waals surface area contributed by atoms with E-state index in [0.29, 0.717) is 5.56 Å². The second kappa shape index (κ2) is 4.53. The maximum Gasteiger partial charge on any atom is 0.153 e. The maximum absolute atomic E-state index is 11.1. The average molecular weight is 228 g/mol. The number of nitrogens with zero attached hydrogens (tertiary/aromatic N) is 2. The zero-order chi connectivity index (χ0) is 12.4. The molecule has 1 aromatic heterocycles. The second-order valence-corrected chi connectivity index (χ2v) is 4.15. The van der Waals surface area contributed by atoms with Gasteiger partial charge < -0.3 is 0 Å². The molecule has 0 aliphatic rings. The fourth-order valence-electron chi connectivity index (χ4n) is 1.90. The summed E-state index contributed by atoms with van der Waals surface area (Å²) in [5.41, 5.74) is 4.87. The molecule has 0 saturated carbocycles. The molecule has 17 heavy (non-hydrogen) atoms. The average Bonchev–Trinajstić information content (AvgIpc) is 2.76. The number of aldehydes is 1. The molecule has 0 amide bonds. The molecular weight excluding hydrogens is 212 g/mol. The van der Waals surface area contributed by atoms with Crippen molar-refractivity contribution in [2.75, 3.05) is 0 Å². The summed E-state index contributed by atoms with van der Waals surface area (Å²) in [6.45, 7) is 6.90. The number of carbonyl (C=O) groups is 1. The zero-order valence-corrected chi connectivity index (χ0v) is 10.4. The Balaban J connectivity index is 2.63. The van der Waals surface area contributed by atoms with Crippen molar-refractivity contribution in [3.63, 3.8) is 0 Å². The molecule has 3 heteroatoms. The molecule has 2 rings (SSSR count). The van der Waals surface area contributed by atoms with Crippen LogP contribution in [-0.4, -0.2) is 16.1 Å². The van der Waals surface area contributed by atoms with Crippen LogP contribution in [0.1, 0.15) is 28.4 Å². The molecule has 0 saturated heterocycles. The molecule has 0 aliphatic carbocycles. The first-order chi connectivity index (χ1) is 8.17. The molecule has 0 spiro atoms. The van der Waals surface area contributed by atoms with Gasteiger partial charge in [-0.2, -0.15) is 5.10 Å². The molecule has 1 aromatic carbocycles. The van der Waals surface area contributed by atoms with Gasteiger partial charge in [-0.3, -0.25) is 9.48 Å². The molecule has 1 heterocycles. The van der Waals surface area contributed by atoms with E-state index in [4.69, 9.17) is 0 Å². The van der Waals surface area contributed by atoms with Crippen molar-refractivity contribution in [2.45, 2.75) is 27.3 Å². The van der Waals surface area contributed by atoms with Crippen LogP contribution >= 0.6 is 0 Å². The lowest BCUT2D eigenvalue weighted by Gasteiger charge is -2.06. The molecule has 0 N–H and O–H groups in total. The third-order valence-corrected chi connectivity index (χ3v) is 3.10. The number of aromatic nitrogens is 2. The molecule has 3 nitrogen and oxygen atoms in total. The van der Waals surface area contributed by atoms with E-state index in [2.05, 4.69) is 25.0 Å². The summed E-state index contributed by atoms with van der Waals surface area (Å²) in [4.78, 5) is 11.1. The molecule has 88 valence electrons. The fraction of sp³-hybridized carbons (Fsp3) is 0.286. The highest BCUT2D eigenvalue weighted by Gasteiger charge is 2.12. The van der Waals surface area contributed by atoms with Crippen LogP contribution in [0.2, 0.25) is 0 Å². The quantitative estimate of drug-likeness (QED) is 0.757. The molecule has 2 aromatic rings. The smallest absolute Gasteiger partial charge is 0.153 e. The topological polar surface area (TPSA) is 34.9 Å². The van der Waals surface area contributed by atoms with Gasteiger partial charge in [0.15, 0.2) is 6.29 Å². The second-order valence-electron chi connectivity index (χ2n) is 4.15. The summed E-state index contributed by atoms with van der Waals surface area (Å²) >= 11 is 0. The number of benzene rings is 1. The highest BCUT2D eigenvalue weighted by Crippen LogP contribution is 2.26. The number of carbonyl (C=O) groups excluding carboxylic acids is 1. The highest BCUT2D eigenvalue weighted by molar-refractivity contribution is 5.86. The van der Waals surface area contributed by atoms with Crippen LogP contribution in [-0.2, 0) is 6.54 Å². The highest BCUT2D eigenvalue weighted by atomic mass is 16.1. The van der Waals surface area contributed by atoms with Crippen molar-refractivity contribution < 1.29 is 4.79 Å². The molecule has 0 unspecified atom stereocenters. The van der Waals surface area contributed by atoms with Crippen LogP contribution in [0.4, 0.5) is 0 Å². The van der Waals surface area contributed by atoms with Gasteiger partial charge in [-0.1, -0.05) is 18.2 Å². The summed E-state index contributed by atoms with van der Waals surface area (Å²) in [6, 6.07) is 6.07. The normalized spacial score (nSPS) is 10.5. The van der Waals surface area contributed by atoms with Gasteiger partial charge in [-0.05, 0) is 31.9 Å². The van der Waals surface area contributed by atoms with Gasteiger partial charge >= 0.3 is 0 Å². The minimum Gasteiger partial charge on any atom is -0.298 e. The number of aryl methyl sites for hydroxylation is 2. The van der Waals surface area contributed by atoms with Crippen molar-refractivity contribution in [1.82, 2.24) is 9.78 Å². The van der Waals surface area contributed by atoms with E-state index in [1.165, 1.54) is 11.1 Å². The maximum atomic E-state index is 11.1. The first-order valence-corrected chi connectivity index (χ1v) is 5.76. The Kier molecular flexibility index (Phi) is 3.09. The summed E-state index contributed by atoms with van der Waals surface area (Å²) in [6.07, 6.45) is 2.67. The lowest BCUT2D eigenvalue weighted by molar-refractivity contribution is 0.112. The van der Waals surface area contributed by atoms with Gasteiger partial charge in [0.2, 0.25) is 0 Å². The minimum atomic E-state index is 0.653. The van der Waals surface area contributed by atoms with Crippen molar-refractivity contribution in [3.05, 3.63) is 41.1 Å². The minimum absolute atomic E-state index is 0.653. The van der Waals surface area contributed by atoms with E-state index in [9.17, 15) is 4.79 Å². The van der Waals surface area contributed by atoms with Crippen LogP contribution in [0.25, 0.3) is 11.3 Å². The Morgan fingerprint density at radius 2 is 2.12 bits per heavy atom. The van der Waals surface area contributed by atoms with E-state index in [-0.39, 0.29) is 0 Å². The summed E-state index contributed by atoms with van der Waals surface area (Å²) in [5, 5.41) is 4.46. The van der Waals surface area contributed by atoms with Gasteiger partial charge in [0.25, 0.3) is 0 Å². The Hall–Kier alpha value is -1.90. The lowest BCUT2D eigenvalue weighted by atomic mass is 9.99. The molecular formula is C14H16N2O. The van der Waals surface area contributed by atoms with Crippen molar-refractivity contribution in [3.8, 4) is 11.3 Å². The standard InChI is InChI=1S/C14H16N2O/c1-4-16-8-12(9-17)14(15-16)13-7-5-6-10(2)11(13)3/h5-9H,4H2,1-3H3. The number of hydrogen-bond acceptors (Lipinski definition) is 2. The number of hydrogen-bond donors (Lipinski definition) is 0. The van der Waals surface area contributed by atoms with Crippen LogP contribution in [0, 0.1) is 13.8 Å². The Morgan fingerprint density at radius 1 is 1.35 bits per heavy atom. The monoisotopic (exact) mass is 228 g/mol. The first-order valence-electron chi connectivity index (χ1n) is 5.76. The van der Waals surface area contributed by atoms with Gasteiger partial charge in [0, 0.05) is 18.3 Å². The van der Waals surface area contributed by atoms with Crippen molar-refractivity contribution in [1.29, 1.82) is 0 Å². The molecule has 0 bridgehead atoms. The molecule has 0 fully saturated rings. The lowest BCUT2D eigenvalue weighted by Crippen LogP contribution is -1.95. The Bertz CT molecular complexity index is 555. The summed E-state index contributed by atoms with van der Waals surface area (Å²) in [5.74, 6) is 0. The van der Waals surface area contributed by atoms with E-state index in [0.717, 1.165) is 24.1 Å². The van der Waals surface area contributed by atoms with Crippen LogP contribution in [0.5, 0.6) is 0 Å². The Morgan fingerprint density at radius 3 is 2.76 bits per heavy atom. The number of rotatable bonds is 3. The SMILES string of the molecule is CCn1cc(C=O)c(-c2cccc(C)c2C)n1. The first kappa shape index (κ1) is 11.6. The van der Waals surface area contributed by atoms with Gasteiger partial charge in [0.05, 0.1) is 5.56 Å². The predicted octanol–water partition coefficient (Wildman–Crippen LogP) is 3.00. The van der Waals surface area contributed by atoms with Gasteiger partial charge in [-0.25, -0.2) is 0 Å². The molecule has 0 atom stereocenters. The van der Waals surface area contributed by atoms with Crippen molar-refractivity contribution >= 4 is 6.29 Å². The van der Waals surface area contributed by atoms with Crippen molar-refractivity contribution in [2.24, 2.45) is 0 Å². The fourth-order valence-corrected chi connectivity index (χ4v) is 1.90. The van der Waals surface area contributed by atoms with Crippen LogP contribution < -0.4 is 0 Å². The van der Waals surface area contributed by atoms with Crippen LogP contribution in [0.3, 0.4) is 0 Å². The summed E-state index contributed by atoms with van der Waals surface area (Å²) < 4.78 is 1.79. The van der Waals surface area contributed by atoms with E-state index >= 15 is 0 Å². The van der Waals surface area contributed by atoms with Crippen LogP contribution in [0.15, 0.2) is 24.4 Å². The largest absolute Gasteiger partial charge is 0.298 e. The van der Waals surface area contributed by atoms with E-state index in [1.54, 1.807) is 10.9 Å². The van der Waals surface area contributed by atoms with E-state index in [1.807, 2.05) is 19.1 Å². The zero-order valence-electron chi connectivity index (χ0n) is 10.4. The molecule has 0 radical (unpaired) electrons. The molecule has 0 aliphatic heterocycles. The third-order valence-electron chi connectivity index (χ3n) is 3.10. The predicted molar refractivity (Wildman–Crippen MR) is 68.2 cm³/mol. The summed E-state index contributed by atoms with van der Waals surface area (Å²) in [7, 11) is 0. The van der Waals surface area contributed by atoms with E-state index < -0.39 is 0 Å². The Labute approximate surface area is 101 Å². The third kappa shape index (κ3) is 2.00. The van der Waals surface area contributed by atoms with Gasteiger partial charge in [0.1, 0.15) is 5.69 Å².